The summed E-state index contributed by atoms with van der Waals surface area (Å²) in [7, 11) is 0. The van der Waals surface area contributed by atoms with Gasteiger partial charge in [0.15, 0.2) is 0 Å². The largest absolute Gasteiger partial charge is 0.491 e. The SMILES string of the molecule is CC[C@H](C)Oc1ccc(C=Nc2sc3c(c2C#N)CC[C@@H](C(C)(C)C)C3)cc1. The maximum absolute atomic E-state index is 9.70. The second-order valence-corrected chi connectivity index (χ2v) is 9.85. The maximum atomic E-state index is 9.70. The fourth-order valence-corrected chi connectivity index (χ4v) is 4.82. The highest BCUT2D eigenvalue weighted by Crippen LogP contribution is 2.44. The predicted octanol–water partition coefficient (Wildman–Crippen LogP) is 6.70. The molecule has 0 bridgehead atoms. The van der Waals surface area contributed by atoms with Gasteiger partial charge in [-0.15, -0.1) is 11.3 Å². The van der Waals surface area contributed by atoms with Gasteiger partial charge in [0, 0.05) is 11.1 Å². The molecule has 2 aromatic rings. The van der Waals surface area contributed by atoms with Gasteiger partial charge in [-0.25, -0.2) is 4.99 Å². The van der Waals surface area contributed by atoms with Crippen LogP contribution in [0.15, 0.2) is 29.3 Å². The van der Waals surface area contributed by atoms with E-state index >= 15 is 0 Å². The Labute approximate surface area is 173 Å². The first-order valence-corrected chi connectivity index (χ1v) is 11.0. The molecule has 0 fully saturated rings. The second kappa shape index (κ2) is 8.49. The normalized spacial score (nSPS) is 17.9. The van der Waals surface area contributed by atoms with E-state index in [1.165, 1.54) is 10.4 Å². The summed E-state index contributed by atoms with van der Waals surface area (Å²) in [6.45, 7) is 11.1. The van der Waals surface area contributed by atoms with Crippen molar-refractivity contribution in [1.82, 2.24) is 0 Å². The number of nitriles is 1. The van der Waals surface area contributed by atoms with E-state index in [2.05, 4.69) is 45.7 Å². The highest BCUT2D eigenvalue weighted by Gasteiger charge is 2.32. The summed E-state index contributed by atoms with van der Waals surface area (Å²) in [5.74, 6) is 1.55. The van der Waals surface area contributed by atoms with Crippen molar-refractivity contribution in [2.24, 2.45) is 16.3 Å². The van der Waals surface area contributed by atoms with Crippen molar-refractivity contribution in [2.75, 3.05) is 0 Å². The highest BCUT2D eigenvalue weighted by molar-refractivity contribution is 7.16. The van der Waals surface area contributed by atoms with Crippen LogP contribution in [0.2, 0.25) is 0 Å². The molecule has 1 heterocycles. The minimum absolute atomic E-state index is 0.215. The van der Waals surface area contributed by atoms with Crippen LogP contribution in [-0.2, 0) is 12.8 Å². The van der Waals surface area contributed by atoms with E-state index in [1.54, 1.807) is 11.3 Å². The first-order valence-electron chi connectivity index (χ1n) is 10.2. The zero-order valence-electron chi connectivity index (χ0n) is 17.6. The first kappa shape index (κ1) is 20.6. The molecule has 0 N–H and O–H groups in total. The monoisotopic (exact) mass is 394 g/mol. The lowest BCUT2D eigenvalue weighted by molar-refractivity contribution is 0.217. The molecule has 0 saturated heterocycles. The fraction of sp³-hybridized carbons (Fsp3) is 0.500. The topological polar surface area (TPSA) is 45.4 Å². The highest BCUT2D eigenvalue weighted by atomic mass is 32.1. The second-order valence-electron chi connectivity index (χ2n) is 8.77. The van der Waals surface area contributed by atoms with Gasteiger partial charge in [-0.2, -0.15) is 5.26 Å². The van der Waals surface area contributed by atoms with Gasteiger partial charge in [0.1, 0.15) is 16.8 Å². The molecule has 28 heavy (non-hydrogen) atoms. The number of thiophene rings is 1. The Bertz CT molecular complexity index is 881. The van der Waals surface area contributed by atoms with Crippen LogP contribution in [0.3, 0.4) is 0 Å². The summed E-state index contributed by atoms with van der Waals surface area (Å²) >= 11 is 1.70. The van der Waals surface area contributed by atoms with Gasteiger partial charge in [0.05, 0.1) is 11.7 Å². The summed E-state index contributed by atoms with van der Waals surface area (Å²) in [5.41, 5.74) is 3.33. The van der Waals surface area contributed by atoms with E-state index in [0.717, 1.165) is 47.6 Å². The van der Waals surface area contributed by atoms with Gasteiger partial charge in [-0.05, 0) is 79.3 Å². The van der Waals surface area contributed by atoms with E-state index in [0.29, 0.717) is 11.3 Å². The van der Waals surface area contributed by atoms with Gasteiger partial charge in [-0.3, -0.25) is 0 Å². The quantitative estimate of drug-likeness (QED) is 0.530. The Balaban J connectivity index is 1.78. The average molecular weight is 395 g/mol. The smallest absolute Gasteiger partial charge is 0.134 e. The predicted molar refractivity (Wildman–Crippen MR) is 118 cm³/mol. The Kier molecular flexibility index (Phi) is 6.25. The number of aliphatic imine (C=N–C) groups is 1. The van der Waals surface area contributed by atoms with Crippen LogP contribution in [0.1, 0.15) is 69.0 Å². The van der Waals surface area contributed by atoms with Crippen molar-refractivity contribution in [1.29, 1.82) is 5.26 Å². The molecule has 1 aliphatic carbocycles. The van der Waals surface area contributed by atoms with Crippen LogP contribution in [0, 0.1) is 22.7 Å². The third-order valence-corrected chi connectivity index (χ3v) is 6.87. The van der Waals surface area contributed by atoms with Gasteiger partial charge in [-0.1, -0.05) is 27.7 Å². The van der Waals surface area contributed by atoms with Gasteiger partial charge < -0.3 is 4.74 Å². The number of hydrogen-bond acceptors (Lipinski definition) is 4. The number of ether oxygens (including phenoxy) is 1. The Morgan fingerprint density at radius 1 is 1.32 bits per heavy atom. The molecule has 0 radical (unpaired) electrons. The van der Waals surface area contributed by atoms with Crippen LogP contribution in [0.5, 0.6) is 5.75 Å². The minimum Gasteiger partial charge on any atom is -0.491 e. The summed E-state index contributed by atoms with van der Waals surface area (Å²) in [4.78, 5) is 6.03. The molecule has 1 aliphatic rings. The molecule has 2 atom stereocenters. The number of hydrogen-bond donors (Lipinski definition) is 0. The van der Waals surface area contributed by atoms with Crippen LogP contribution in [0.4, 0.5) is 5.00 Å². The van der Waals surface area contributed by atoms with E-state index in [-0.39, 0.29) is 6.10 Å². The fourth-order valence-electron chi connectivity index (χ4n) is 3.60. The summed E-state index contributed by atoms with van der Waals surface area (Å²) in [6, 6.07) is 10.4. The number of benzene rings is 1. The minimum atomic E-state index is 0.215. The van der Waals surface area contributed by atoms with Gasteiger partial charge in [0.25, 0.3) is 0 Å². The molecular weight excluding hydrogens is 364 g/mol. The van der Waals surface area contributed by atoms with Crippen molar-refractivity contribution in [3.63, 3.8) is 0 Å². The molecule has 1 aromatic heterocycles. The Morgan fingerprint density at radius 2 is 2.04 bits per heavy atom. The molecule has 0 unspecified atom stereocenters. The third-order valence-electron chi connectivity index (χ3n) is 5.71. The lowest BCUT2D eigenvalue weighted by atomic mass is 9.72. The van der Waals surface area contributed by atoms with Crippen LogP contribution in [0.25, 0.3) is 0 Å². The lowest BCUT2D eigenvalue weighted by Crippen LogP contribution is -2.26. The molecule has 148 valence electrons. The van der Waals surface area contributed by atoms with Crippen LogP contribution < -0.4 is 4.74 Å². The Morgan fingerprint density at radius 3 is 2.64 bits per heavy atom. The molecule has 3 rings (SSSR count). The summed E-state index contributed by atoms with van der Waals surface area (Å²) in [6.07, 6.45) is 6.27. The molecule has 0 saturated carbocycles. The average Bonchev–Trinajstić information content (AvgIpc) is 3.03. The third kappa shape index (κ3) is 4.64. The number of nitrogens with zero attached hydrogens (tertiary/aromatic N) is 2. The molecular formula is C24H30N2OS. The summed E-state index contributed by atoms with van der Waals surface area (Å²) in [5, 5.41) is 10.5. The molecule has 0 spiro atoms. The first-order chi connectivity index (χ1) is 13.3. The maximum Gasteiger partial charge on any atom is 0.134 e. The van der Waals surface area contributed by atoms with Crippen molar-refractivity contribution in [3.05, 3.63) is 45.8 Å². The molecule has 3 nitrogen and oxygen atoms in total. The van der Waals surface area contributed by atoms with Crippen molar-refractivity contribution >= 4 is 22.6 Å². The van der Waals surface area contributed by atoms with E-state index in [1.807, 2.05) is 30.5 Å². The van der Waals surface area contributed by atoms with E-state index in [9.17, 15) is 5.26 Å². The standard InChI is InChI=1S/C24H30N2OS/c1-6-16(2)27-19-10-7-17(8-11-19)15-26-23-21(14-25)20-12-9-18(24(3,4)5)13-22(20)28-23/h7-8,10-11,15-16,18H,6,9,12-13H2,1-5H3/t16-,18+/m0/s1. The van der Waals surface area contributed by atoms with Crippen LogP contribution >= 0.6 is 11.3 Å². The zero-order valence-corrected chi connectivity index (χ0v) is 18.4. The van der Waals surface area contributed by atoms with Crippen molar-refractivity contribution < 1.29 is 4.74 Å². The molecule has 0 amide bonds. The molecule has 4 heteroatoms. The van der Waals surface area contributed by atoms with Crippen molar-refractivity contribution in [2.45, 2.75) is 66.4 Å². The zero-order chi connectivity index (χ0) is 20.3. The molecule has 1 aromatic carbocycles. The molecule has 0 aliphatic heterocycles. The number of fused-ring (bicyclic) bond motifs is 1. The van der Waals surface area contributed by atoms with E-state index in [4.69, 9.17) is 4.74 Å². The van der Waals surface area contributed by atoms with Gasteiger partial charge >= 0.3 is 0 Å². The Hall–Kier alpha value is -2.12. The lowest BCUT2D eigenvalue weighted by Gasteiger charge is -2.33. The van der Waals surface area contributed by atoms with Gasteiger partial charge in [0.2, 0.25) is 0 Å². The van der Waals surface area contributed by atoms with E-state index < -0.39 is 0 Å². The summed E-state index contributed by atoms with van der Waals surface area (Å²) < 4.78 is 5.82. The van der Waals surface area contributed by atoms with Crippen LogP contribution in [-0.4, -0.2) is 12.3 Å². The van der Waals surface area contributed by atoms with Crippen molar-refractivity contribution in [3.8, 4) is 11.8 Å². The number of rotatable bonds is 5.